The number of aromatic nitrogens is 4. The molecule has 3 heterocycles. The molecule has 2 aromatic rings. The summed E-state index contributed by atoms with van der Waals surface area (Å²) in [5.41, 5.74) is 6.87. The molecule has 152 valence electrons. The fourth-order valence-corrected chi connectivity index (χ4v) is 3.82. The zero-order valence-corrected chi connectivity index (χ0v) is 17.2. The number of anilines is 1. The number of hydrogen-bond donors (Lipinski definition) is 3. The maximum atomic E-state index is 10.5. The summed E-state index contributed by atoms with van der Waals surface area (Å²) in [7, 11) is 0. The van der Waals surface area contributed by atoms with Gasteiger partial charge in [-0.1, -0.05) is 33.1 Å². The molecule has 0 radical (unpaired) electrons. The lowest BCUT2D eigenvalue weighted by molar-refractivity contribution is -0.0289. The number of rotatable bonds is 6. The predicted molar refractivity (Wildman–Crippen MR) is 110 cm³/mol. The van der Waals surface area contributed by atoms with Crippen LogP contribution in [0.5, 0.6) is 0 Å². The van der Waals surface area contributed by atoms with Crippen molar-refractivity contribution in [3.63, 3.8) is 0 Å². The second-order valence-electron chi connectivity index (χ2n) is 7.09. The molecule has 0 bridgehead atoms. The van der Waals surface area contributed by atoms with E-state index in [1.54, 1.807) is 16.3 Å². The van der Waals surface area contributed by atoms with Gasteiger partial charge in [-0.2, -0.15) is 11.8 Å². The van der Waals surface area contributed by atoms with Crippen LogP contribution < -0.4 is 5.73 Å². The normalized spacial score (nSPS) is 24.6. The quantitative estimate of drug-likeness (QED) is 0.491. The summed E-state index contributed by atoms with van der Waals surface area (Å²) in [6, 6.07) is 0. The van der Waals surface area contributed by atoms with Gasteiger partial charge in [-0.3, -0.25) is 4.57 Å². The van der Waals surface area contributed by atoms with Crippen LogP contribution in [0.25, 0.3) is 11.2 Å². The first kappa shape index (κ1) is 20.9. The van der Waals surface area contributed by atoms with E-state index >= 15 is 0 Å². The van der Waals surface area contributed by atoms with Gasteiger partial charge in [-0.05, 0) is 17.6 Å². The molecule has 1 aliphatic heterocycles. The zero-order chi connectivity index (χ0) is 20.3. The summed E-state index contributed by atoms with van der Waals surface area (Å²) in [6.45, 7) is 6.26. The predicted octanol–water partition coefficient (Wildman–Crippen LogP) is 1.71. The van der Waals surface area contributed by atoms with E-state index in [4.69, 9.17) is 10.5 Å². The average Bonchev–Trinajstić information content (AvgIpc) is 3.19. The molecule has 0 amide bonds. The van der Waals surface area contributed by atoms with Gasteiger partial charge in [0.05, 0.1) is 12.4 Å². The van der Waals surface area contributed by atoms with Crippen LogP contribution in [0.3, 0.4) is 0 Å². The third-order valence-electron chi connectivity index (χ3n) is 4.51. The lowest BCUT2D eigenvalue weighted by atomic mass is 10.1. The van der Waals surface area contributed by atoms with Crippen LogP contribution in [-0.4, -0.2) is 59.0 Å². The van der Waals surface area contributed by atoms with Gasteiger partial charge in [-0.25, -0.2) is 15.0 Å². The van der Waals surface area contributed by atoms with Crippen molar-refractivity contribution in [3.05, 3.63) is 12.2 Å². The molecule has 28 heavy (non-hydrogen) atoms. The molecule has 0 aromatic carbocycles. The highest BCUT2D eigenvalue weighted by atomic mass is 32.2. The molecule has 0 aliphatic carbocycles. The second-order valence-corrected chi connectivity index (χ2v) is 8.70. The van der Waals surface area contributed by atoms with Crippen molar-refractivity contribution in [1.82, 2.24) is 19.5 Å². The van der Waals surface area contributed by atoms with Crippen LogP contribution in [-0.2, 0) is 4.74 Å². The number of nitrogens with zero attached hydrogens (tertiary/aromatic N) is 4. The topological polar surface area (TPSA) is 119 Å². The van der Waals surface area contributed by atoms with Gasteiger partial charge >= 0.3 is 0 Å². The van der Waals surface area contributed by atoms with Gasteiger partial charge in [-0.15, -0.1) is 0 Å². The molecule has 0 saturated carbocycles. The number of unbranched alkanes of at least 4 members (excludes halogenated alkanes) is 2. The SMILES string of the molecule is CCCCC#Cc1nc(N)c2ncn([C@@H]3O[C@H](CSC(C)C)[C@H](O)C3O)c2n1. The smallest absolute Gasteiger partial charge is 0.208 e. The maximum Gasteiger partial charge on any atom is 0.208 e. The molecule has 8 nitrogen and oxygen atoms in total. The van der Waals surface area contributed by atoms with Crippen LogP contribution in [0.1, 0.15) is 52.1 Å². The molecule has 2 aromatic heterocycles. The number of thioether (sulfide) groups is 1. The molecular weight excluding hydrogens is 378 g/mol. The van der Waals surface area contributed by atoms with E-state index in [9.17, 15) is 10.2 Å². The number of nitrogen functional groups attached to an aromatic ring is 1. The molecule has 1 saturated heterocycles. The van der Waals surface area contributed by atoms with Crippen molar-refractivity contribution in [3.8, 4) is 11.8 Å². The first-order chi connectivity index (χ1) is 13.4. The van der Waals surface area contributed by atoms with Crippen molar-refractivity contribution in [2.45, 2.75) is 69.8 Å². The van der Waals surface area contributed by atoms with E-state index in [1.807, 2.05) is 0 Å². The van der Waals surface area contributed by atoms with E-state index in [1.165, 1.54) is 6.33 Å². The fourth-order valence-electron chi connectivity index (χ4n) is 2.97. The van der Waals surface area contributed by atoms with Gasteiger partial charge in [0.1, 0.15) is 17.7 Å². The minimum atomic E-state index is -1.09. The number of ether oxygens (including phenoxy) is 1. The largest absolute Gasteiger partial charge is 0.387 e. The first-order valence-electron chi connectivity index (χ1n) is 9.54. The maximum absolute atomic E-state index is 10.5. The Morgan fingerprint density at radius 3 is 2.82 bits per heavy atom. The van der Waals surface area contributed by atoms with Gasteiger partial charge in [0.2, 0.25) is 5.82 Å². The molecule has 4 atom stereocenters. The van der Waals surface area contributed by atoms with Crippen LogP contribution in [0.4, 0.5) is 5.82 Å². The molecule has 4 N–H and O–H groups in total. The average molecular weight is 406 g/mol. The minimum absolute atomic E-state index is 0.225. The Labute approximate surface area is 168 Å². The number of aliphatic hydroxyl groups excluding tert-OH is 2. The summed E-state index contributed by atoms with van der Waals surface area (Å²) in [6.07, 6.45) is 1.00. The Kier molecular flexibility index (Phi) is 6.78. The molecule has 9 heteroatoms. The number of nitrogens with two attached hydrogens (primary N) is 1. The highest BCUT2D eigenvalue weighted by Crippen LogP contribution is 2.33. The summed E-state index contributed by atoms with van der Waals surface area (Å²) in [4.78, 5) is 12.9. The Bertz CT molecular complexity index is 876. The number of hydrogen-bond acceptors (Lipinski definition) is 8. The van der Waals surface area contributed by atoms with Crippen LogP contribution in [0, 0.1) is 11.8 Å². The Hall–Kier alpha value is -1.86. The fraction of sp³-hybridized carbons (Fsp3) is 0.632. The highest BCUT2D eigenvalue weighted by Gasteiger charge is 2.44. The Morgan fingerprint density at radius 1 is 1.32 bits per heavy atom. The van der Waals surface area contributed by atoms with E-state index < -0.39 is 24.5 Å². The third-order valence-corrected chi connectivity index (χ3v) is 5.70. The Balaban J connectivity index is 1.88. The lowest BCUT2D eigenvalue weighted by Gasteiger charge is -2.16. The molecule has 1 unspecified atom stereocenters. The molecule has 3 rings (SSSR count). The van der Waals surface area contributed by atoms with Crippen LogP contribution in [0.15, 0.2) is 6.33 Å². The van der Waals surface area contributed by atoms with Crippen molar-refractivity contribution in [2.24, 2.45) is 0 Å². The number of fused-ring (bicyclic) bond motifs is 1. The first-order valence-corrected chi connectivity index (χ1v) is 10.6. The van der Waals surface area contributed by atoms with Crippen molar-refractivity contribution >= 4 is 28.7 Å². The van der Waals surface area contributed by atoms with Crippen LogP contribution in [0.2, 0.25) is 0 Å². The standard InChI is InChI=1S/C19H27N5O3S/c1-4-5-6-7-8-13-22-17(20)14-18(23-13)24(10-21-14)19-16(26)15(25)12(27-19)9-28-11(2)3/h10-12,15-16,19,25-26H,4-6,9H2,1-3H3,(H2,20,22,23)/t12-,15+,16?,19-/m1/s1. The summed E-state index contributed by atoms with van der Waals surface area (Å²) >= 11 is 1.67. The monoisotopic (exact) mass is 405 g/mol. The molecular formula is C19H27N5O3S. The van der Waals surface area contributed by atoms with E-state index in [0.717, 1.165) is 19.3 Å². The number of aliphatic hydroxyl groups is 2. The van der Waals surface area contributed by atoms with Gasteiger partial charge in [0.15, 0.2) is 17.7 Å². The van der Waals surface area contributed by atoms with Gasteiger partial charge in [0, 0.05) is 12.2 Å². The number of imidazole rings is 1. The van der Waals surface area contributed by atoms with Crippen molar-refractivity contribution < 1.29 is 14.9 Å². The van der Waals surface area contributed by atoms with Crippen LogP contribution >= 0.6 is 11.8 Å². The lowest BCUT2D eigenvalue weighted by Crippen LogP contribution is -2.32. The van der Waals surface area contributed by atoms with E-state index in [0.29, 0.717) is 28.0 Å². The second kappa shape index (κ2) is 9.09. The van der Waals surface area contributed by atoms with E-state index in [-0.39, 0.29) is 5.82 Å². The van der Waals surface area contributed by atoms with Crippen molar-refractivity contribution in [1.29, 1.82) is 0 Å². The summed E-state index contributed by atoms with van der Waals surface area (Å²) in [5.74, 6) is 7.10. The van der Waals surface area contributed by atoms with Gasteiger partial charge < -0.3 is 20.7 Å². The minimum Gasteiger partial charge on any atom is -0.387 e. The van der Waals surface area contributed by atoms with E-state index in [2.05, 4.69) is 47.6 Å². The van der Waals surface area contributed by atoms with Crippen molar-refractivity contribution in [2.75, 3.05) is 11.5 Å². The highest BCUT2D eigenvalue weighted by molar-refractivity contribution is 7.99. The molecule has 1 aliphatic rings. The molecule has 0 spiro atoms. The van der Waals surface area contributed by atoms with Gasteiger partial charge in [0.25, 0.3) is 0 Å². The zero-order valence-electron chi connectivity index (χ0n) is 16.4. The summed E-state index contributed by atoms with van der Waals surface area (Å²) < 4.78 is 7.54. The summed E-state index contributed by atoms with van der Waals surface area (Å²) in [5, 5.41) is 21.3. The third kappa shape index (κ3) is 4.41. The Morgan fingerprint density at radius 2 is 2.11 bits per heavy atom. The molecule has 1 fully saturated rings.